The molecule has 0 heterocycles. The standard InChI is InChI=1S/C17H19FN2O3S/c1-11-4-6-14(24(22,23)19-3)9-15(11)17(21)20-10-13-5-7-16(18)12(2)8-13/h4-9,19H,10H2,1-3H3,(H,20,21). The molecule has 2 N–H and O–H groups in total. The second-order valence-electron chi connectivity index (χ2n) is 5.45. The van der Waals surface area contributed by atoms with Gasteiger partial charge in [-0.25, -0.2) is 17.5 Å². The Morgan fingerprint density at radius 3 is 2.42 bits per heavy atom. The van der Waals surface area contributed by atoms with Crippen LogP contribution in [0.2, 0.25) is 0 Å². The summed E-state index contributed by atoms with van der Waals surface area (Å²) >= 11 is 0. The van der Waals surface area contributed by atoms with E-state index < -0.39 is 10.0 Å². The summed E-state index contributed by atoms with van der Waals surface area (Å²) in [4.78, 5) is 12.4. The number of nitrogens with one attached hydrogen (secondary N) is 2. The molecule has 0 bridgehead atoms. The van der Waals surface area contributed by atoms with Gasteiger partial charge in [0.15, 0.2) is 0 Å². The summed E-state index contributed by atoms with van der Waals surface area (Å²) in [5.41, 5.74) is 2.21. The Balaban J connectivity index is 2.20. The molecule has 2 aromatic rings. The smallest absolute Gasteiger partial charge is 0.251 e. The van der Waals surface area contributed by atoms with Crippen LogP contribution in [0.5, 0.6) is 0 Å². The number of benzene rings is 2. The van der Waals surface area contributed by atoms with Crippen molar-refractivity contribution in [3.63, 3.8) is 0 Å². The van der Waals surface area contributed by atoms with Crippen LogP contribution in [0, 0.1) is 19.7 Å². The zero-order chi connectivity index (χ0) is 17.9. The van der Waals surface area contributed by atoms with Crippen LogP contribution >= 0.6 is 0 Å². The van der Waals surface area contributed by atoms with Gasteiger partial charge in [-0.1, -0.05) is 18.2 Å². The largest absolute Gasteiger partial charge is 0.348 e. The summed E-state index contributed by atoms with van der Waals surface area (Å²) < 4.78 is 39.2. The second-order valence-corrected chi connectivity index (χ2v) is 7.34. The average molecular weight is 350 g/mol. The van der Waals surface area contributed by atoms with Gasteiger partial charge in [0.2, 0.25) is 10.0 Å². The minimum absolute atomic E-state index is 0.0263. The van der Waals surface area contributed by atoms with E-state index in [-0.39, 0.29) is 28.7 Å². The topological polar surface area (TPSA) is 75.3 Å². The van der Waals surface area contributed by atoms with E-state index in [4.69, 9.17) is 0 Å². The molecule has 0 aliphatic rings. The molecule has 0 aromatic heterocycles. The van der Waals surface area contributed by atoms with Crippen LogP contribution in [0.1, 0.15) is 27.0 Å². The summed E-state index contributed by atoms with van der Waals surface area (Å²) in [5, 5.41) is 2.72. The van der Waals surface area contributed by atoms with E-state index in [9.17, 15) is 17.6 Å². The van der Waals surface area contributed by atoms with Crippen LogP contribution < -0.4 is 10.0 Å². The van der Waals surface area contributed by atoms with Crippen molar-refractivity contribution in [1.82, 2.24) is 10.0 Å². The molecular formula is C17H19FN2O3S. The number of carbonyl (C=O) groups is 1. The highest BCUT2D eigenvalue weighted by atomic mass is 32.2. The summed E-state index contributed by atoms with van der Waals surface area (Å²) in [6.45, 7) is 3.60. The number of halogens is 1. The molecule has 0 saturated carbocycles. The Labute approximate surface area is 141 Å². The minimum Gasteiger partial charge on any atom is -0.348 e. The lowest BCUT2D eigenvalue weighted by Crippen LogP contribution is -2.25. The second kappa shape index (κ2) is 7.11. The first kappa shape index (κ1) is 18.1. The van der Waals surface area contributed by atoms with Crippen molar-refractivity contribution in [2.75, 3.05) is 7.05 Å². The number of hydrogen-bond acceptors (Lipinski definition) is 3. The van der Waals surface area contributed by atoms with Crippen LogP contribution in [0.4, 0.5) is 4.39 Å². The van der Waals surface area contributed by atoms with Gasteiger partial charge in [-0.3, -0.25) is 4.79 Å². The van der Waals surface area contributed by atoms with Crippen molar-refractivity contribution in [1.29, 1.82) is 0 Å². The van der Waals surface area contributed by atoms with Crippen molar-refractivity contribution in [2.24, 2.45) is 0 Å². The number of rotatable bonds is 5. The van der Waals surface area contributed by atoms with E-state index in [1.165, 1.54) is 25.2 Å². The zero-order valence-electron chi connectivity index (χ0n) is 13.7. The molecule has 7 heteroatoms. The maximum Gasteiger partial charge on any atom is 0.251 e. The molecule has 1 amide bonds. The third-order valence-corrected chi connectivity index (χ3v) is 5.12. The number of amides is 1. The molecule has 5 nitrogen and oxygen atoms in total. The predicted molar refractivity (Wildman–Crippen MR) is 89.7 cm³/mol. The van der Waals surface area contributed by atoms with Gasteiger partial charge in [0.1, 0.15) is 5.82 Å². The Kier molecular flexibility index (Phi) is 5.36. The molecule has 0 spiro atoms. The Hall–Kier alpha value is -2.25. The van der Waals surface area contributed by atoms with E-state index in [1.54, 1.807) is 32.0 Å². The van der Waals surface area contributed by atoms with Crippen molar-refractivity contribution in [2.45, 2.75) is 25.3 Å². The molecule has 0 unspecified atom stereocenters. The third kappa shape index (κ3) is 3.98. The van der Waals surface area contributed by atoms with Crippen LogP contribution in [0.25, 0.3) is 0 Å². The molecule has 0 aliphatic heterocycles. The number of carbonyl (C=O) groups excluding carboxylic acids is 1. The van der Waals surface area contributed by atoms with E-state index in [1.807, 2.05) is 0 Å². The molecule has 128 valence electrons. The van der Waals surface area contributed by atoms with Gasteiger partial charge in [0, 0.05) is 12.1 Å². The fourth-order valence-electron chi connectivity index (χ4n) is 2.23. The molecule has 0 atom stereocenters. The lowest BCUT2D eigenvalue weighted by atomic mass is 10.1. The fourth-order valence-corrected chi connectivity index (χ4v) is 2.98. The summed E-state index contributed by atoms with van der Waals surface area (Å²) in [6, 6.07) is 8.97. The molecule has 24 heavy (non-hydrogen) atoms. The maximum atomic E-state index is 13.3. The molecule has 0 radical (unpaired) electrons. The van der Waals surface area contributed by atoms with Gasteiger partial charge in [-0.2, -0.15) is 0 Å². The molecule has 0 fully saturated rings. The molecule has 0 aliphatic carbocycles. The van der Waals surface area contributed by atoms with E-state index in [2.05, 4.69) is 10.0 Å². The zero-order valence-corrected chi connectivity index (χ0v) is 14.5. The predicted octanol–water partition coefficient (Wildman–Crippen LogP) is 2.28. The number of sulfonamides is 1. The van der Waals surface area contributed by atoms with E-state index >= 15 is 0 Å². The highest BCUT2D eigenvalue weighted by Gasteiger charge is 2.16. The normalized spacial score (nSPS) is 11.3. The molecule has 2 aromatic carbocycles. The highest BCUT2D eigenvalue weighted by Crippen LogP contribution is 2.16. The van der Waals surface area contributed by atoms with Crippen LogP contribution in [0.3, 0.4) is 0 Å². The average Bonchev–Trinajstić information content (AvgIpc) is 2.55. The molecule has 2 rings (SSSR count). The van der Waals surface area contributed by atoms with Crippen LogP contribution in [-0.2, 0) is 16.6 Å². The van der Waals surface area contributed by atoms with Crippen molar-refractivity contribution in [3.05, 3.63) is 64.5 Å². The Bertz CT molecular complexity index is 879. The Morgan fingerprint density at radius 2 is 1.79 bits per heavy atom. The minimum atomic E-state index is -3.62. The lowest BCUT2D eigenvalue weighted by molar-refractivity contribution is 0.0950. The van der Waals surface area contributed by atoms with Gasteiger partial charge in [0.05, 0.1) is 4.90 Å². The first-order valence-corrected chi connectivity index (χ1v) is 8.80. The van der Waals surface area contributed by atoms with Crippen LogP contribution in [-0.4, -0.2) is 21.4 Å². The summed E-state index contributed by atoms with van der Waals surface area (Å²) in [6.07, 6.45) is 0. The summed E-state index contributed by atoms with van der Waals surface area (Å²) in [7, 11) is -2.31. The molecule has 0 saturated heterocycles. The SMILES string of the molecule is CNS(=O)(=O)c1ccc(C)c(C(=O)NCc2ccc(F)c(C)c2)c1. The van der Waals surface area contributed by atoms with Crippen molar-refractivity contribution >= 4 is 15.9 Å². The first-order valence-electron chi connectivity index (χ1n) is 7.32. The van der Waals surface area contributed by atoms with Crippen molar-refractivity contribution in [3.8, 4) is 0 Å². The summed E-state index contributed by atoms with van der Waals surface area (Å²) in [5.74, 6) is -0.687. The quantitative estimate of drug-likeness (QED) is 0.869. The maximum absolute atomic E-state index is 13.3. The fraction of sp³-hybridized carbons (Fsp3) is 0.235. The highest BCUT2D eigenvalue weighted by molar-refractivity contribution is 7.89. The van der Waals surface area contributed by atoms with E-state index in [0.29, 0.717) is 11.1 Å². The van der Waals surface area contributed by atoms with Crippen molar-refractivity contribution < 1.29 is 17.6 Å². The van der Waals surface area contributed by atoms with Gasteiger partial charge >= 0.3 is 0 Å². The van der Waals surface area contributed by atoms with Gasteiger partial charge in [0.25, 0.3) is 5.91 Å². The molecular weight excluding hydrogens is 331 g/mol. The Morgan fingerprint density at radius 1 is 1.08 bits per heavy atom. The van der Waals surface area contributed by atoms with Gasteiger partial charge in [-0.05, 0) is 55.8 Å². The van der Waals surface area contributed by atoms with Crippen LogP contribution in [0.15, 0.2) is 41.3 Å². The van der Waals surface area contributed by atoms with Gasteiger partial charge < -0.3 is 5.32 Å². The monoisotopic (exact) mass is 350 g/mol. The van der Waals surface area contributed by atoms with E-state index in [0.717, 1.165) is 5.56 Å². The first-order chi connectivity index (χ1) is 11.2. The van der Waals surface area contributed by atoms with Gasteiger partial charge in [-0.15, -0.1) is 0 Å². The number of aryl methyl sites for hydroxylation is 2. The number of hydrogen-bond donors (Lipinski definition) is 2. The lowest BCUT2D eigenvalue weighted by Gasteiger charge is -2.10. The third-order valence-electron chi connectivity index (χ3n) is 3.71.